The highest BCUT2D eigenvalue weighted by molar-refractivity contribution is 5.87. The standard InChI is InChI=1S/C13H23NO3/c1-8(2)11-6-13(7-11,12(16)17)14(9(3)4)10(5)15/h8-9,11H,6-7H2,1-5H3,(H,16,17). The van der Waals surface area contributed by atoms with Crippen LogP contribution in [-0.2, 0) is 9.59 Å². The van der Waals surface area contributed by atoms with Gasteiger partial charge in [0.2, 0.25) is 5.91 Å². The van der Waals surface area contributed by atoms with Crippen LogP contribution in [0.25, 0.3) is 0 Å². The van der Waals surface area contributed by atoms with Gasteiger partial charge >= 0.3 is 5.97 Å². The first-order chi connectivity index (χ1) is 7.72. The molecule has 1 fully saturated rings. The Balaban J connectivity index is 2.95. The van der Waals surface area contributed by atoms with Crippen LogP contribution >= 0.6 is 0 Å². The molecule has 0 radical (unpaired) electrons. The molecule has 0 heterocycles. The monoisotopic (exact) mass is 241 g/mol. The van der Waals surface area contributed by atoms with Crippen molar-refractivity contribution >= 4 is 11.9 Å². The maximum Gasteiger partial charge on any atom is 0.329 e. The fourth-order valence-corrected chi connectivity index (χ4v) is 2.91. The number of rotatable bonds is 4. The summed E-state index contributed by atoms with van der Waals surface area (Å²) >= 11 is 0. The van der Waals surface area contributed by atoms with Crippen molar-refractivity contribution in [2.24, 2.45) is 11.8 Å². The number of carboxylic acids is 1. The van der Waals surface area contributed by atoms with Gasteiger partial charge in [0.05, 0.1) is 0 Å². The normalized spacial score (nSPS) is 28.1. The Bertz CT molecular complexity index is 317. The summed E-state index contributed by atoms with van der Waals surface area (Å²) in [6.45, 7) is 9.39. The van der Waals surface area contributed by atoms with Crippen molar-refractivity contribution in [3.05, 3.63) is 0 Å². The van der Waals surface area contributed by atoms with Crippen molar-refractivity contribution < 1.29 is 14.7 Å². The average Bonchev–Trinajstić information content (AvgIpc) is 2.06. The smallest absolute Gasteiger partial charge is 0.329 e. The van der Waals surface area contributed by atoms with Crippen LogP contribution in [0.5, 0.6) is 0 Å². The molecule has 1 aliphatic carbocycles. The summed E-state index contributed by atoms with van der Waals surface area (Å²) in [5.41, 5.74) is -0.963. The maximum absolute atomic E-state index is 11.7. The number of carbonyl (C=O) groups is 2. The second-order valence-corrected chi connectivity index (χ2v) is 5.73. The van der Waals surface area contributed by atoms with Crippen molar-refractivity contribution in [3.8, 4) is 0 Å². The van der Waals surface area contributed by atoms with Crippen molar-refractivity contribution in [2.45, 2.75) is 59.0 Å². The lowest BCUT2D eigenvalue weighted by atomic mass is 9.62. The molecule has 1 saturated carbocycles. The van der Waals surface area contributed by atoms with Crippen LogP contribution in [0, 0.1) is 11.8 Å². The minimum Gasteiger partial charge on any atom is -0.479 e. The van der Waals surface area contributed by atoms with Gasteiger partial charge in [-0.25, -0.2) is 4.79 Å². The van der Waals surface area contributed by atoms with Gasteiger partial charge in [0, 0.05) is 13.0 Å². The topological polar surface area (TPSA) is 57.6 Å². The molecular weight excluding hydrogens is 218 g/mol. The van der Waals surface area contributed by atoms with E-state index < -0.39 is 11.5 Å². The first kappa shape index (κ1) is 14.0. The molecule has 0 atom stereocenters. The SMILES string of the molecule is CC(=O)N(C(C)C)C1(C(=O)O)CC(C(C)C)C1. The van der Waals surface area contributed by atoms with E-state index in [-0.39, 0.29) is 11.9 Å². The minimum atomic E-state index is -0.963. The van der Waals surface area contributed by atoms with Crippen LogP contribution in [0.4, 0.5) is 0 Å². The lowest BCUT2D eigenvalue weighted by Crippen LogP contribution is -2.66. The van der Waals surface area contributed by atoms with Crippen molar-refractivity contribution in [3.63, 3.8) is 0 Å². The lowest BCUT2D eigenvalue weighted by molar-refractivity contribution is -0.174. The van der Waals surface area contributed by atoms with Crippen LogP contribution in [-0.4, -0.2) is 33.5 Å². The van der Waals surface area contributed by atoms with Crippen molar-refractivity contribution in [2.75, 3.05) is 0 Å². The van der Waals surface area contributed by atoms with Gasteiger partial charge in [0.1, 0.15) is 5.54 Å². The molecule has 1 aliphatic rings. The van der Waals surface area contributed by atoms with E-state index in [1.165, 1.54) is 11.8 Å². The average molecular weight is 241 g/mol. The van der Waals surface area contributed by atoms with Crippen LogP contribution in [0.1, 0.15) is 47.5 Å². The van der Waals surface area contributed by atoms with E-state index >= 15 is 0 Å². The van der Waals surface area contributed by atoms with E-state index in [0.29, 0.717) is 24.7 Å². The second-order valence-electron chi connectivity index (χ2n) is 5.73. The summed E-state index contributed by atoms with van der Waals surface area (Å²) in [4.78, 5) is 24.7. The summed E-state index contributed by atoms with van der Waals surface area (Å²) in [7, 11) is 0. The molecule has 1 amide bonds. The summed E-state index contributed by atoms with van der Waals surface area (Å²) in [5.74, 6) is -0.127. The van der Waals surface area contributed by atoms with Gasteiger partial charge in [0.25, 0.3) is 0 Å². The number of amides is 1. The Morgan fingerprint density at radius 2 is 1.71 bits per heavy atom. The van der Waals surface area contributed by atoms with E-state index in [2.05, 4.69) is 13.8 Å². The Morgan fingerprint density at radius 3 is 1.94 bits per heavy atom. The molecule has 0 saturated heterocycles. The van der Waals surface area contributed by atoms with Gasteiger partial charge in [0.15, 0.2) is 0 Å². The zero-order chi connectivity index (χ0) is 13.4. The highest BCUT2D eigenvalue weighted by Gasteiger charge is 2.56. The summed E-state index contributed by atoms with van der Waals surface area (Å²) in [6, 6.07) is -0.0725. The second kappa shape index (κ2) is 4.67. The zero-order valence-corrected chi connectivity index (χ0v) is 11.4. The summed E-state index contributed by atoms with van der Waals surface area (Å²) in [5, 5.41) is 9.46. The molecule has 0 aromatic heterocycles. The van der Waals surface area contributed by atoms with Crippen LogP contribution in [0.3, 0.4) is 0 Å². The molecular formula is C13H23NO3. The van der Waals surface area contributed by atoms with Crippen LogP contribution in [0.2, 0.25) is 0 Å². The summed E-state index contributed by atoms with van der Waals surface area (Å²) < 4.78 is 0. The van der Waals surface area contributed by atoms with E-state index in [0.717, 1.165) is 0 Å². The third kappa shape index (κ3) is 2.31. The number of hydrogen-bond acceptors (Lipinski definition) is 2. The Hall–Kier alpha value is -1.06. The van der Waals surface area contributed by atoms with Crippen LogP contribution < -0.4 is 0 Å². The lowest BCUT2D eigenvalue weighted by Gasteiger charge is -2.53. The van der Waals surface area contributed by atoms with Crippen molar-refractivity contribution in [1.29, 1.82) is 0 Å². The first-order valence-electron chi connectivity index (χ1n) is 6.25. The van der Waals surface area contributed by atoms with Gasteiger partial charge in [-0.1, -0.05) is 13.8 Å². The largest absolute Gasteiger partial charge is 0.479 e. The van der Waals surface area contributed by atoms with Gasteiger partial charge in [-0.2, -0.15) is 0 Å². The zero-order valence-electron chi connectivity index (χ0n) is 11.4. The summed E-state index contributed by atoms with van der Waals surface area (Å²) in [6.07, 6.45) is 1.16. The minimum absolute atomic E-state index is 0.0725. The number of carboxylic acid groups (broad SMARTS) is 1. The maximum atomic E-state index is 11.7. The van der Waals surface area contributed by atoms with E-state index in [4.69, 9.17) is 0 Å². The Labute approximate surface area is 103 Å². The van der Waals surface area contributed by atoms with Gasteiger partial charge in [-0.3, -0.25) is 4.79 Å². The number of nitrogens with zero attached hydrogens (tertiary/aromatic N) is 1. The molecule has 0 aromatic rings. The van der Waals surface area contributed by atoms with Crippen molar-refractivity contribution in [1.82, 2.24) is 4.90 Å². The third-order valence-corrected chi connectivity index (χ3v) is 3.86. The third-order valence-electron chi connectivity index (χ3n) is 3.86. The molecule has 4 heteroatoms. The van der Waals surface area contributed by atoms with Gasteiger partial charge in [-0.15, -0.1) is 0 Å². The predicted octanol–water partition coefficient (Wildman–Crippen LogP) is 2.13. The number of hydrogen-bond donors (Lipinski definition) is 1. The fourth-order valence-electron chi connectivity index (χ4n) is 2.91. The molecule has 0 aliphatic heterocycles. The highest BCUT2D eigenvalue weighted by Crippen LogP contribution is 2.47. The van der Waals surface area contributed by atoms with E-state index in [9.17, 15) is 14.7 Å². The molecule has 98 valence electrons. The molecule has 1 N–H and O–H groups in total. The Morgan fingerprint density at radius 1 is 1.24 bits per heavy atom. The number of aliphatic carboxylic acids is 1. The quantitative estimate of drug-likeness (QED) is 0.820. The molecule has 0 unspecified atom stereocenters. The highest BCUT2D eigenvalue weighted by atomic mass is 16.4. The molecule has 1 rings (SSSR count). The molecule has 0 spiro atoms. The van der Waals surface area contributed by atoms with Gasteiger partial charge in [-0.05, 0) is 38.5 Å². The van der Waals surface area contributed by atoms with E-state index in [1.807, 2.05) is 13.8 Å². The Kier molecular flexibility index (Phi) is 3.84. The van der Waals surface area contributed by atoms with E-state index in [1.54, 1.807) is 0 Å². The fraction of sp³-hybridized carbons (Fsp3) is 0.846. The molecule has 17 heavy (non-hydrogen) atoms. The molecule has 0 bridgehead atoms. The first-order valence-corrected chi connectivity index (χ1v) is 6.25. The molecule has 0 aromatic carbocycles. The predicted molar refractivity (Wildman–Crippen MR) is 65.6 cm³/mol. The number of carbonyl (C=O) groups excluding carboxylic acids is 1. The molecule has 4 nitrogen and oxygen atoms in total. The van der Waals surface area contributed by atoms with Gasteiger partial charge < -0.3 is 10.0 Å². The van der Waals surface area contributed by atoms with Crippen LogP contribution in [0.15, 0.2) is 0 Å².